The highest BCUT2D eigenvalue weighted by molar-refractivity contribution is 8.00. The van der Waals surface area contributed by atoms with E-state index in [0.717, 1.165) is 5.56 Å². The molecule has 0 radical (unpaired) electrons. The van der Waals surface area contributed by atoms with Crippen molar-refractivity contribution >= 4 is 29.3 Å². The van der Waals surface area contributed by atoms with Crippen molar-refractivity contribution in [1.29, 1.82) is 0 Å². The fourth-order valence-electron chi connectivity index (χ4n) is 1.67. The van der Waals surface area contributed by atoms with Crippen LogP contribution in [0.5, 0.6) is 0 Å². The summed E-state index contributed by atoms with van der Waals surface area (Å²) >= 11 is 7.63. The molecule has 0 fully saturated rings. The van der Waals surface area contributed by atoms with Crippen LogP contribution in [0.4, 0.5) is 0 Å². The normalized spacial score (nSPS) is 13.9. The van der Waals surface area contributed by atoms with Crippen molar-refractivity contribution in [3.05, 3.63) is 34.9 Å². The highest BCUT2D eigenvalue weighted by atomic mass is 35.5. The molecule has 0 aromatic heterocycles. The van der Waals surface area contributed by atoms with Crippen molar-refractivity contribution in [2.45, 2.75) is 31.6 Å². The largest absolute Gasteiger partial charge is 0.396 e. The Hall–Kier alpha value is -0.710. The number of carbonyl (C=O) groups excluding carboxylic acids is 1. The van der Waals surface area contributed by atoms with Gasteiger partial charge in [-0.25, -0.2) is 0 Å². The first-order valence-corrected chi connectivity index (χ1v) is 7.73. The maximum absolute atomic E-state index is 11.8. The van der Waals surface area contributed by atoms with Gasteiger partial charge in [0.25, 0.3) is 0 Å². The molecule has 0 aliphatic carbocycles. The summed E-state index contributed by atoms with van der Waals surface area (Å²) in [6.45, 7) is 4.08. The molecule has 0 saturated carbocycles. The molecule has 0 aliphatic rings. The van der Waals surface area contributed by atoms with Crippen LogP contribution >= 0.6 is 23.4 Å². The van der Waals surface area contributed by atoms with Gasteiger partial charge in [0.15, 0.2) is 0 Å². The summed E-state index contributed by atoms with van der Waals surface area (Å²) < 4.78 is 0. The molecule has 2 N–H and O–H groups in total. The van der Waals surface area contributed by atoms with Crippen molar-refractivity contribution in [2.75, 3.05) is 12.4 Å². The summed E-state index contributed by atoms with van der Waals surface area (Å²) in [5, 5.41) is 12.7. The predicted octanol–water partition coefficient (Wildman–Crippen LogP) is 3.02. The predicted molar refractivity (Wildman–Crippen MR) is 81.6 cm³/mol. The third-order valence-electron chi connectivity index (χ3n) is 2.78. The second kappa shape index (κ2) is 8.46. The molecule has 1 aromatic carbocycles. The molecule has 106 valence electrons. The number of aliphatic hydroxyl groups is 1. The smallest absolute Gasteiger partial charge is 0.230 e. The monoisotopic (exact) mass is 301 g/mol. The Morgan fingerprint density at radius 2 is 2.11 bits per heavy atom. The van der Waals surface area contributed by atoms with Gasteiger partial charge in [-0.3, -0.25) is 4.79 Å². The molecule has 0 bridgehead atoms. The average molecular weight is 302 g/mol. The third-order valence-corrected chi connectivity index (χ3v) is 4.36. The van der Waals surface area contributed by atoms with Crippen molar-refractivity contribution in [3.63, 3.8) is 0 Å². The third kappa shape index (κ3) is 5.85. The first kappa shape index (κ1) is 16.3. The van der Waals surface area contributed by atoms with E-state index in [9.17, 15) is 4.79 Å². The summed E-state index contributed by atoms with van der Waals surface area (Å²) in [6.07, 6.45) is 0.706. The molecule has 0 saturated heterocycles. The molecule has 1 aromatic rings. The molecule has 0 aliphatic heterocycles. The zero-order chi connectivity index (χ0) is 14.3. The van der Waals surface area contributed by atoms with E-state index in [4.69, 9.17) is 16.7 Å². The summed E-state index contributed by atoms with van der Waals surface area (Å²) in [5.41, 5.74) is 0.922. The number of aliphatic hydroxyl groups excluding tert-OH is 1. The van der Waals surface area contributed by atoms with E-state index in [-0.39, 0.29) is 23.8 Å². The summed E-state index contributed by atoms with van der Waals surface area (Å²) in [5.74, 6) is 0.387. The number of nitrogens with one attached hydrogen (secondary N) is 1. The minimum atomic E-state index is -0.102. The first-order chi connectivity index (χ1) is 9.04. The SMILES string of the molecule is CC(CCO)SCC(=O)NC(C)c1ccccc1Cl. The Kier molecular flexibility index (Phi) is 7.28. The van der Waals surface area contributed by atoms with E-state index < -0.39 is 0 Å². The first-order valence-electron chi connectivity index (χ1n) is 6.30. The molecule has 3 nitrogen and oxygen atoms in total. The lowest BCUT2D eigenvalue weighted by molar-refractivity contribution is -0.119. The molecule has 2 unspecified atom stereocenters. The van der Waals surface area contributed by atoms with E-state index in [1.807, 2.05) is 38.1 Å². The number of benzene rings is 1. The van der Waals surface area contributed by atoms with Crippen LogP contribution in [0.1, 0.15) is 31.9 Å². The Balaban J connectivity index is 2.42. The van der Waals surface area contributed by atoms with Gasteiger partial charge in [-0.2, -0.15) is 0 Å². The lowest BCUT2D eigenvalue weighted by Crippen LogP contribution is -2.29. The van der Waals surface area contributed by atoms with E-state index in [0.29, 0.717) is 17.2 Å². The van der Waals surface area contributed by atoms with Gasteiger partial charge in [-0.15, -0.1) is 11.8 Å². The summed E-state index contributed by atoms with van der Waals surface area (Å²) in [7, 11) is 0. The van der Waals surface area contributed by atoms with Gasteiger partial charge in [0.2, 0.25) is 5.91 Å². The van der Waals surface area contributed by atoms with Crippen LogP contribution in [0.25, 0.3) is 0 Å². The van der Waals surface area contributed by atoms with Crippen LogP contribution < -0.4 is 5.32 Å². The lowest BCUT2D eigenvalue weighted by atomic mass is 10.1. The van der Waals surface area contributed by atoms with E-state index in [1.165, 1.54) is 0 Å². The quantitative estimate of drug-likeness (QED) is 0.814. The van der Waals surface area contributed by atoms with Crippen LogP contribution in [0.3, 0.4) is 0 Å². The fourth-order valence-corrected chi connectivity index (χ4v) is 2.76. The summed E-state index contributed by atoms with van der Waals surface area (Å²) in [6, 6.07) is 7.40. The highest BCUT2D eigenvalue weighted by Gasteiger charge is 2.13. The number of rotatable bonds is 7. The van der Waals surface area contributed by atoms with Gasteiger partial charge >= 0.3 is 0 Å². The molecule has 0 heterocycles. The number of hydrogen-bond acceptors (Lipinski definition) is 3. The van der Waals surface area contributed by atoms with Crippen LogP contribution in [0, 0.1) is 0 Å². The van der Waals surface area contributed by atoms with E-state index in [1.54, 1.807) is 11.8 Å². The summed E-state index contributed by atoms with van der Waals surface area (Å²) in [4.78, 5) is 11.8. The molecular formula is C14H20ClNO2S. The zero-order valence-corrected chi connectivity index (χ0v) is 12.8. The lowest BCUT2D eigenvalue weighted by Gasteiger charge is -2.16. The number of thioether (sulfide) groups is 1. The Bertz CT molecular complexity index is 414. The van der Waals surface area contributed by atoms with Gasteiger partial charge in [-0.05, 0) is 25.0 Å². The van der Waals surface area contributed by atoms with E-state index >= 15 is 0 Å². The maximum atomic E-state index is 11.8. The Labute approximate surface area is 123 Å². The van der Waals surface area contributed by atoms with Crippen LogP contribution in [-0.4, -0.2) is 28.6 Å². The van der Waals surface area contributed by atoms with Crippen LogP contribution in [0.2, 0.25) is 5.02 Å². The van der Waals surface area contributed by atoms with E-state index in [2.05, 4.69) is 5.32 Å². The van der Waals surface area contributed by atoms with Crippen molar-refractivity contribution < 1.29 is 9.90 Å². The molecule has 19 heavy (non-hydrogen) atoms. The molecule has 5 heteroatoms. The van der Waals surface area contributed by atoms with Gasteiger partial charge in [-0.1, -0.05) is 36.7 Å². The van der Waals surface area contributed by atoms with Crippen LogP contribution in [-0.2, 0) is 4.79 Å². The topological polar surface area (TPSA) is 49.3 Å². The van der Waals surface area contributed by atoms with Gasteiger partial charge < -0.3 is 10.4 Å². The molecule has 2 atom stereocenters. The Morgan fingerprint density at radius 3 is 2.74 bits per heavy atom. The minimum absolute atomic E-state index is 0.0118. The fraction of sp³-hybridized carbons (Fsp3) is 0.500. The van der Waals surface area contributed by atoms with Crippen molar-refractivity contribution in [2.24, 2.45) is 0 Å². The number of carbonyl (C=O) groups is 1. The van der Waals surface area contributed by atoms with Crippen LogP contribution in [0.15, 0.2) is 24.3 Å². The standard InChI is InChI=1S/C14H20ClNO2S/c1-10(7-8-17)19-9-14(18)16-11(2)12-5-3-4-6-13(12)15/h3-6,10-11,17H,7-9H2,1-2H3,(H,16,18). The molecule has 1 rings (SSSR count). The Morgan fingerprint density at radius 1 is 1.42 bits per heavy atom. The van der Waals surface area contributed by atoms with Gasteiger partial charge in [0, 0.05) is 16.9 Å². The highest BCUT2D eigenvalue weighted by Crippen LogP contribution is 2.22. The zero-order valence-electron chi connectivity index (χ0n) is 11.2. The second-order valence-electron chi connectivity index (χ2n) is 4.44. The minimum Gasteiger partial charge on any atom is -0.396 e. The number of amides is 1. The average Bonchev–Trinajstić information content (AvgIpc) is 2.37. The number of halogens is 1. The van der Waals surface area contributed by atoms with Gasteiger partial charge in [0.05, 0.1) is 11.8 Å². The second-order valence-corrected chi connectivity index (χ2v) is 6.28. The van der Waals surface area contributed by atoms with Crippen molar-refractivity contribution in [1.82, 2.24) is 5.32 Å². The maximum Gasteiger partial charge on any atom is 0.230 e. The molecular weight excluding hydrogens is 282 g/mol. The molecule has 0 spiro atoms. The van der Waals surface area contributed by atoms with Gasteiger partial charge in [0.1, 0.15) is 0 Å². The molecule has 1 amide bonds. The number of hydrogen-bond donors (Lipinski definition) is 2. The van der Waals surface area contributed by atoms with Crippen molar-refractivity contribution in [3.8, 4) is 0 Å².